The summed E-state index contributed by atoms with van der Waals surface area (Å²) in [6, 6.07) is 0.0183. The molecule has 1 saturated heterocycles. The van der Waals surface area contributed by atoms with E-state index in [1.54, 1.807) is 6.20 Å². The molecule has 1 aliphatic heterocycles. The van der Waals surface area contributed by atoms with E-state index in [0.29, 0.717) is 24.6 Å². The van der Waals surface area contributed by atoms with E-state index in [1.165, 1.54) is 6.20 Å². The molecular weight excluding hydrogens is 445 g/mol. The monoisotopic (exact) mass is 479 g/mol. The Labute approximate surface area is 195 Å². The standard InChI is InChI=1S/C22H34FN7O2S/c1-15(2)30-16(3)24-14-20(30)21-19(23)13-25-22(27-21)26-17-6-7-18(12-17)28-33(31,32)11-10-29-8-4-5-9-29/h13-15,17-18,28H,4-12H2,1-3H3,(H,25,26,27)/t17-,18+/m1/s1. The number of hydrogen-bond donors (Lipinski definition) is 2. The van der Waals surface area contributed by atoms with Gasteiger partial charge in [0.15, 0.2) is 5.82 Å². The van der Waals surface area contributed by atoms with Crippen molar-refractivity contribution < 1.29 is 12.8 Å². The third-order valence-electron chi connectivity index (χ3n) is 6.47. The van der Waals surface area contributed by atoms with E-state index in [9.17, 15) is 12.8 Å². The second-order valence-electron chi connectivity index (χ2n) is 9.38. The van der Waals surface area contributed by atoms with Gasteiger partial charge in [0.1, 0.15) is 11.5 Å². The minimum absolute atomic E-state index is 0.0198. The van der Waals surface area contributed by atoms with Crippen molar-refractivity contribution in [1.82, 2.24) is 29.1 Å². The summed E-state index contributed by atoms with van der Waals surface area (Å²) in [5.74, 6) is 0.762. The lowest BCUT2D eigenvalue weighted by Crippen LogP contribution is -2.38. The van der Waals surface area contributed by atoms with Gasteiger partial charge in [0.05, 0.1) is 23.8 Å². The smallest absolute Gasteiger partial charge is 0.223 e. The van der Waals surface area contributed by atoms with Gasteiger partial charge in [0, 0.05) is 24.7 Å². The summed E-state index contributed by atoms with van der Waals surface area (Å²) in [6.45, 7) is 8.47. The van der Waals surface area contributed by atoms with E-state index in [2.05, 4.69) is 29.9 Å². The van der Waals surface area contributed by atoms with Crippen LogP contribution in [0.25, 0.3) is 11.4 Å². The maximum absolute atomic E-state index is 14.6. The number of hydrogen-bond acceptors (Lipinski definition) is 7. The number of aromatic nitrogens is 4. The van der Waals surface area contributed by atoms with Crippen molar-refractivity contribution in [3.8, 4) is 11.4 Å². The minimum Gasteiger partial charge on any atom is -0.351 e. The summed E-state index contributed by atoms with van der Waals surface area (Å²) in [4.78, 5) is 15.1. The Morgan fingerprint density at radius 2 is 1.88 bits per heavy atom. The predicted octanol–water partition coefficient (Wildman–Crippen LogP) is 2.72. The fourth-order valence-electron chi connectivity index (χ4n) is 4.87. The number of aryl methyl sites for hydroxylation is 1. The lowest BCUT2D eigenvalue weighted by atomic mass is 10.2. The summed E-state index contributed by atoms with van der Waals surface area (Å²) in [7, 11) is -3.32. The molecule has 2 fully saturated rings. The van der Waals surface area contributed by atoms with Crippen LogP contribution in [0.3, 0.4) is 0 Å². The Balaban J connectivity index is 1.37. The van der Waals surface area contributed by atoms with Crippen LogP contribution in [0.5, 0.6) is 0 Å². The quantitative estimate of drug-likeness (QED) is 0.570. The van der Waals surface area contributed by atoms with Gasteiger partial charge in [0.25, 0.3) is 0 Å². The molecule has 0 radical (unpaired) electrons. The molecule has 9 nitrogen and oxygen atoms in total. The topological polar surface area (TPSA) is 105 Å². The van der Waals surface area contributed by atoms with Crippen molar-refractivity contribution in [2.45, 2.75) is 71.0 Å². The summed E-state index contributed by atoms with van der Waals surface area (Å²) < 4.78 is 44.4. The maximum Gasteiger partial charge on any atom is 0.223 e. The predicted molar refractivity (Wildman–Crippen MR) is 126 cm³/mol. The van der Waals surface area contributed by atoms with Crippen LogP contribution in [0.15, 0.2) is 12.4 Å². The fraction of sp³-hybridized carbons (Fsp3) is 0.682. The van der Waals surface area contributed by atoms with Gasteiger partial charge in [-0.2, -0.15) is 0 Å². The first-order chi connectivity index (χ1) is 15.7. The molecule has 1 aliphatic carbocycles. The van der Waals surface area contributed by atoms with Gasteiger partial charge in [-0.15, -0.1) is 0 Å². The number of anilines is 1. The SMILES string of the molecule is Cc1ncc(-c2nc(N[C@@H]3CC[C@H](NS(=O)(=O)CCN4CCCC4)C3)ncc2F)n1C(C)C. The number of likely N-dealkylation sites (tertiary alicyclic amines) is 1. The minimum atomic E-state index is -3.32. The van der Waals surface area contributed by atoms with Crippen LogP contribution >= 0.6 is 0 Å². The molecule has 182 valence electrons. The van der Waals surface area contributed by atoms with Crippen LogP contribution in [0, 0.1) is 12.7 Å². The molecule has 0 bridgehead atoms. The van der Waals surface area contributed by atoms with Crippen LogP contribution in [-0.2, 0) is 10.0 Å². The van der Waals surface area contributed by atoms with Crippen molar-refractivity contribution in [2.75, 3.05) is 30.7 Å². The Morgan fingerprint density at radius 3 is 2.61 bits per heavy atom. The van der Waals surface area contributed by atoms with E-state index >= 15 is 0 Å². The van der Waals surface area contributed by atoms with Crippen molar-refractivity contribution in [3.05, 3.63) is 24.0 Å². The highest BCUT2D eigenvalue weighted by molar-refractivity contribution is 7.89. The Bertz CT molecular complexity index is 1070. The van der Waals surface area contributed by atoms with E-state index in [-0.39, 0.29) is 29.6 Å². The summed E-state index contributed by atoms with van der Waals surface area (Å²) >= 11 is 0. The van der Waals surface area contributed by atoms with E-state index < -0.39 is 15.8 Å². The molecular formula is C22H34FN7O2S. The Hall–Kier alpha value is -2.11. The normalized spacial score (nSPS) is 21.8. The van der Waals surface area contributed by atoms with Gasteiger partial charge in [-0.3, -0.25) is 0 Å². The van der Waals surface area contributed by atoms with Gasteiger partial charge in [-0.05, 0) is 66.0 Å². The van der Waals surface area contributed by atoms with E-state index in [0.717, 1.165) is 44.6 Å². The van der Waals surface area contributed by atoms with Gasteiger partial charge >= 0.3 is 0 Å². The van der Waals surface area contributed by atoms with Crippen molar-refractivity contribution >= 4 is 16.0 Å². The van der Waals surface area contributed by atoms with Crippen molar-refractivity contribution in [1.29, 1.82) is 0 Å². The zero-order valence-electron chi connectivity index (χ0n) is 19.6. The molecule has 2 aliphatic rings. The third kappa shape index (κ3) is 5.88. The average molecular weight is 480 g/mol. The average Bonchev–Trinajstić information content (AvgIpc) is 3.49. The zero-order valence-corrected chi connectivity index (χ0v) is 20.4. The van der Waals surface area contributed by atoms with Gasteiger partial charge in [-0.25, -0.2) is 32.5 Å². The van der Waals surface area contributed by atoms with Crippen LogP contribution in [0.4, 0.5) is 10.3 Å². The number of nitrogens with one attached hydrogen (secondary N) is 2. The van der Waals surface area contributed by atoms with Gasteiger partial charge in [-0.1, -0.05) is 0 Å². The Morgan fingerprint density at radius 1 is 1.15 bits per heavy atom. The zero-order chi connectivity index (χ0) is 23.6. The van der Waals surface area contributed by atoms with Crippen LogP contribution < -0.4 is 10.0 Å². The molecule has 0 spiro atoms. The highest BCUT2D eigenvalue weighted by Gasteiger charge is 2.29. The number of nitrogens with zero attached hydrogens (tertiary/aromatic N) is 5. The molecule has 11 heteroatoms. The number of sulfonamides is 1. The highest BCUT2D eigenvalue weighted by atomic mass is 32.2. The van der Waals surface area contributed by atoms with Crippen LogP contribution in [-0.4, -0.2) is 70.3 Å². The lowest BCUT2D eigenvalue weighted by molar-refractivity contribution is 0.358. The lowest BCUT2D eigenvalue weighted by Gasteiger charge is -2.18. The molecule has 3 heterocycles. The largest absolute Gasteiger partial charge is 0.351 e. The summed E-state index contributed by atoms with van der Waals surface area (Å²) in [5, 5.41) is 3.26. The van der Waals surface area contributed by atoms with Crippen LogP contribution in [0.1, 0.15) is 57.8 Å². The number of halogens is 1. The first-order valence-corrected chi connectivity index (χ1v) is 13.4. The van der Waals surface area contributed by atoms with Crippen molar-refractivity contribution in [3.63, 3.8) is 0 Å². The number of imidazole rings is 1. The molecule has 2 aromatic heterocycles. The fourth-order valence-corrected chi connectivity index (χ4v) is 6.21. The van der Waals surface area contributed by atoms with E-state index in [4.69, 9.17) is 0 Å². The highest BCUT2D eigenvalue weighted by Crippen LogP contribution is 2.27. The van der Waals surface area contributed by atoms with Gasteiger partial charge < -0.3 is 14.8 Å². The summed E-state index contributed by atoms with van der Waals surface area (Å²) in [6.07, 6.45) is 7.28. The third-order valence-corrected chi connectivity index (χ3v) is 7.88. The first kappa shape index (κ1) is 24.0. The molecule has 2 atom stereocenters. The molecule has 33 heavy (non-hydrogen) atoms. The first-order valence-electron chi connectivity index (χ1n) is 11.8. The molecule has 2 aromatic rings. The Kier molecular flexibility index (Phi) is 7.30. The molecule has 4 rings (SSSR count). The molecule has 0 amide bonds. The second kappa shape index (κ2) is 10.0. The molecule has 1 saturated carbocycles. The summed E-state index contributed by atoms with van der Waals surface area (Å²) in [5.41, 5.74) is 0.819. The molecule has 0 aromatic carbocycles. The maximum atomic E-state index is 14.6. The van der Waals surface area contributed by atoms with Gasteiger partial charge in [0.2, 0.25) is 16.0 Å². The molecule has 0 unspecified atom stereocenters. The molecule has 2 N–H and O–H groups in total. The second-order valence-corrected chi connectivity index (χ2v) is 11.3. The van der Waals surface area contributed by atoms with Crippen LogP contribution in [0.2, 0.25) is 0 Å². The van der Waals surface area contributed by atoms with E-state index in [1.807, 2.05) is 25.3 Å². The van der Waals surface area contributed by atoms with Crippen molar-refractivity contribution in [2.24, 2.45) is 0 Å². The number of rotatable bonds is 9.